The van der Waals surface area contributed by atoms with Crippen LogP contribution in [0.5, 0.6) is 0 Å². The molecule has 0 aromatic rings. The first-order valence-electron chi connectivity index (χ1n) is 9.59. The van der Waals surface area contributed by atoms with Gasteiger partial charge >= 0.3 is 5.97 Å². The van der Waals surface area contributed by atoms with E-state index in [9.17, 15) is 4.79 Å². The Balaban J connectivity index is 1.75. The Kier molecular flexibility index (Phi) is 5.40. The summed E-state index contributed by atoms with van der Waals surface area (Å²) in [5, 5.41) is 0. The van der Waals surface area contributed by atoms with E-state index in [2.05, 4.69) is 32.9 Å². The van der Waals surface area contributed by atoms with Crippen LogP contribution in [-0.4, -0.2) is 32.1 Å². The number of carbonyl (C=O) groups excluding carboxylic acids is 1. The topological polar surface area (TPSA) is 44.8 Å². The Morgan fingerprint density at radius 3 is 2.72 bits per heavy atom. The molecule has 2 fully saturated rings. The van der Waals surface area contributed by atoms with Gasteiger partial charge in [0.1, 0.15) is 0 Å². The van der Waals surface area contributed by atoms with Crippen molar-refractivity contribution < 1.29 is 19.0 Å². The number of allylic oxidation sites excluding steroid dienone is 3. The molecule has 1 heterocycles. The third-order valence-corrected chi connectivity index (χ3v) is 6.49. The summed E-state index contributed by atoms with van der Waals surface area (Å²) in [5.41, 5.74) is 2.78. The first-order chi connectivity index (χ1) is 11.9. The van der Waals surface area contributed by atoms with E-state index in [1.165, 1.54) is 18.3 Å². The fourth-order valence-electron chi connectivity index (χ4n) is 4.99. The van der Waals surface area contributed by atoms with Crippen LogP contribution in [0.3, 0.4) is 0 Å². The minimum Gasteiger partial charge on any atom is -0.469 e. The number of fused-ring (bicyclic) bond motifs is 1. The molecular formula is C21H32O4. The Morgan fingerprint density at radius 1 is 1.36 bits per heavy atom. The molecule has 1 spiro atoms. The van der Waals surface area contributed by atoms with Gasteiger partial charge in [-0.25, -0.2) is 0 Å². The van der Waals surface area contributed by atoms with Crippen molar-refractivity contribution in [2.75, 3.05) is 20.3 Å². The van der Waals surface area contributed by atoms with Gasteiger partial charge in [0.2, 0.25) is 0 Å². The Morgan fingerprint density at radius 2 is 2.08 bits per heavy atom. The lowest BCUT2D eigenvalue weighted by Crippen LogP contribution is -2.44. The molecule has 0 N–H and O–H groups in total. The van der Waals surface area contributed by atoms with E-state index in [0.717, 1.165) is 38.5 Å². The average Bonchev–Trinajstić information content (AvgIpc) is 3.16. The van der Waals surface area contributed by atoms with Gasteiger partial charge in [0.25, 0.3) is 0 Å². The van der Waals surface area contributed by atoms with Gasteiger partial charge < -0.3 is 14.2 Å². The number of hydrogen-bond donors (Lipinski definition) is 0. The average molecular weight is 348 g/mol. The molecule has 0 amide bonds. The second kappa shape index (κ2) is 7.24. The number of esters is 1. The van der Waals surface area contributed by atoms with Crippen LogP contribution in [0.25, 0.3) is 0 Å². The standard InChI is InChI=1S/C21H32O4/c1-15(2)6-5-7-17(19(22)23-4)18-9-8-16-14-21(24-12-13-25-21)11-10-20(16,18)3/h6,8,17-18H,5,7,9-14H2,1-4H3/t17-,18-,20+/m1/s1. The summed E-state index contributed by atoms with van der Waals surface area (Å²) < 4.78 is 17.0. The van der Waals surface area contributed by atoms with Crippen molar-refractivity contribution in [2.24, 2.45) is 17.3 Å². The van der Waals surface area contributed by atoms with Crippen LogP contribution in [0.15, 0.2) is 23.3 Å². The van der Waals surface area contributed by atoms with Crippen LogP contribution in [0.1, 0.15) is 59.3 Å². The largest absolute Gasteiger partial charge is 0.469 e. The molecule has 0 aromatic carbocycles. The van der Waals surface area contributed by atoms with Gasteiger partial charge in [0.15, 0.2) is 5.79 Å². The first-order valence-corrected chi connectivity index (χ1v) is 9.59. The van der Waals surface area contributed by atoms with Gasteiger partial charge in [-0.1, -0.05) is 30.2 Å². The molecule has 0 bridgehead atoms. The predicted octanol–water partition coefficient (Wildman–Crippen LogP) is 4.40. The number of hydrogen-bond acceptors (Lipinski definition) is 4. The molecular weight excluding hydrogens is 316 g/mol. The van der Waals surface area contributed by atoms with E-state index in [4.69, 9.17) is 14.2 Å². The summed E-state index contributed by atoms with van der Waals surface area (Å²) in [6, 6.07) is 0. The third kappa shape index (κ3) is 3.56. The quantitative estimate of drug-likeness (QED) is 0.545. The van der Waals surface area contributed by atoms with Crippen molar-refractivity contribution in [3.8, 4) is 0 Å². The van der Waals surface area contributed by atoms with Crippen molar-refractivity contribution in [1.82, 2.24) is 0 Å². The number of rotatable bonds is 5. The minimum atomic E-state index is -0.400. The highest BCUT2D eigenvalue weighted by atomic mass is 16.7. The molecule has 0 radical (unpaired) electrons. The number of ether oxygens (including phenoxy) is 3. The zero-order valence-electron chi connectivity index (χ0n) is 16.1. The highest BCUT2D eigenvalue weighted by Gasteiger charge is 2.54. The van der Waals surface area contributed by atoms with Crippen molar-refractivity contribution in [1.29, 1.82) is 0 Å². The smallest absolute Gasteiger partial charge is 0.308 e. The van der Waals surface area contributed by atoms with Crippen molar-refractivity contribution in [3.63, 3.8) is 0 Å². The summed E-state index contributed by atoms with van der Waals surface area (Å²) in [6.45, 7) is 7.93. The Hall–Kier alpha value is -1.13. The van der Waals surface area contributed by atoms with E-state index in [1.807, 2.05) is 0 Å². The van der Waals surface area contributed by atoms with Crippen LogP contribution in [0, 0.1) is 17.3 Å². The van der Waals surface area contributed by atoms with Crippen LogP contribution in [-0.2, 0) is 19.0 Å². The monoisotopic (exact) mass is 348 g/mol. The third-order valence-electron chi connectivity index (χ3n) is 6.49. The lowest BCUT2D eigenvalue weighted by molar-refractivity contribution is -0.180. The molecule has 1 saturated carbocycles. The van der Waals surface area contributed by atoms with Crippen LogP contribution >= 0.6 is 0 Å². The summed E-state index contributed by atoms with van der Waals surface area (Å²) in [4.78, 5) is 12.5. The van der Waals surface area contributed by atoms with Crippen molar-refractivity contribution >= 4 is 5.97 Å². The highest BCUT2D eigenvalue weighted by molar-refractivity contribution is 5.73. The van der Waals surface area contributed by atoms with Crippen molar-refractivity contribution in [2.45, 2.75) is 65.1 Å². The highest BCUT2D eigenvalue weighted by Crippen LogP contribution is 2.58. The molecule has 140 valence electrons. The van der Waals surface area contributed by atoms with E-state index in [0.29, 0.717) is 19.1 Å². The molecule has 4 heteroatoms. The summed E-state index contributed by atoms with van der Waals surface area (Å²) >= 11 is 0. The zero-order valence-corrected chi connectivity index (χ0v) is 16.1. The molecule has 3 aliphatic rings. The van der Waals surface area contributed by atoms with Gasteiger partial charge in [-0.15, -0.1) is 0 Å². The van der Waals surface area contributed by atoms with E-state index >= 15 is 0 Å². The SMILES string of the molecule is COC(=O)[C@H](CCC=C(C)C)[C@H]1CC=C2CC3(CC[C@@]21C)OCCO3. The van der Waals surface area contributed by atoms with Crippen molar-refractivity contribution in [3.05, 3.63) is 23.3 Å². The predicted molar refractivity (Wildman–Crippen MR) is 97.0 cm³/mol. The molecule has 4 nitrogen and oxygen atoms in total. The Bertz CT molecular complexity index is 566. The normalized spacial score (nSPS) is 31.4. The van der Waals surface area contributed by atoms with E-state index in [1.54, 1.807) is 0 Å². The van der Waals surface area contributed by atoms with Crippen LogP contribution < -0.4 is 0 Å². The number of methoxy groups -OCH3 is 1. The van der Waals surface area contributed by atoms with E-state index < -0.39 is 5.79 Å². The summed E-state index contributed by atoms with van der Waals surface area (Å²) in [7, 11) is 1.51. The molecule has 1 aliphatic heterocycles. The van der Waals surface area contributed by atoms with Gasteiger partial charge in [-0.05, 0) is 50.9 Å². The van der Waals surface area contributed by atoms with Crippen LogP contribution in [0.4, 0.5) is 0 Å². The molecule has 0 unspecified atom stereocenters. The van der Waals surface area contributed by atoms with E-state index in [-0.39, 0.29) is 17.3 Å². The molecule has 3 rings (SSSR count). The van der Waals surface area contributed by atoms with Gasteiger partial charge in [-0.3, -0.25) is 4.79 Å². The molecule has 25 heavy (non-hydrogen) atoms. The number of carbonyl (C=O) groups is 1. The fourth-order valence-corrected chi connectivity index (χ4v) is 4.99. The molecule has 3 atom stereocenters. The maximum absolute atomic E-state index is 12.5. The minimum absolute atomic E-state index is 0.0428. The molecule has 0 aromatic heterocycles. The van der Waals surface area contributed by atoms with Gasteiger partial charge in [-0.2, -0.15) is 0 Å². The maximum atomic E-state index is 12.5. The fraction of sp³-hybridized carbons (Fsp3) is 0.762. The Labute approximate surface area is 151 Å². The maximum Gasteiger partial charge on any atom is 0.308 e. The molecule has 1 saturated heterocycles. The lowest BCUT2D eigenvalue weighted by Gasteiger charge is -2.46. The van der Waals surface area contributed by atoms with Gasteiger partial charge in [0, 0.05) is 12.8 Å². The first kappa shape index (κ1) is 18.7. The summed E-state index contributed by atoms with van der Waals surface area (Å²) in [5.74, 6) is -0.182. The zero-order chi connectivity index (χ0) is 18.1. The molecule has 2 aliphatic carbocycles. The van der Waals surface area contributed by atoms with Crippen LogP contribution in [0.2, 0.25) is 0 Å². The summed E-state index contributed by atoms with van der Waals surface area (Å²) in [6.07, 6.45) is 10.1. The van der Waals surface area contributed by atoms with Gasteiger partial charge in [0.05, 0.1) is 26.2 Å². The second-order valence-corrected chi connectivity index (χ2v) is 8.26. The lowest BCUT2D eigenvalue weighted by atomic mass is 9.62. The second-order valence-electron chi connectivity index (χ2n) is 8.26.